The van der Waals surface area contributed by atoms with Crippen molar-refractivity contribution in [1.29, 1.82) is 0 Å². The summed E-state index contributed by atoms with van der Waals surface area (Å²) in [5, 5.41) is 6.67. The minimum absolute atomic E-state index is 0.0265. The van der Waals surface area contributed by atoms with Crippen molar-refractivity contribution in [3.63, 3.8) is 0 Å². The van der Waals surface area contributed by atoms with Gasteiger partial charge in [0, 0.05) is 19.0 Å². The van der Waals surface area contributed by atoms with Crippen LogP contribution in [-0.2, 0) is 17.8 Å². The lowest BCUT2D eigenvalue weighted by Crippen LogP contribution is -2.22. The molecule has 3 aromatic heterocycles. The van der Waals surface area contributed by atoms with Crippen molar-refractivity contribution in [2.75, 3.05) is 0 Å². The maximum absolute atomic E-state index is 11.8. The maximum Gasteiger partial charge on any atom is 0.238 e. The van der Waals surface area contributed by atoms with E-state index in [2.05, 4.69) is 20.4 Å². The van der Waals surface area contributed by atoms with E-state index in [4.69, 9.17) is 8.94 Å². The van der Waals surface area contributed by atoms with E-state index in [1.165, 1.54) is 0 Å². The van der Waals surface area contributed by atoms with Crippen LogP contribution in [-0.4, -0.2) is 21.0 Å². The van der Waals surface area contributed by atoms with Crippen LogP contribution in [0, 0.1) is 0 Å². The molecule has 0 atom stereocenters. The van der Waals surface area contributed by atoms with Crippen molar-refractivity contribution in [2.24, 2.45) is 0 Å². The molecule has 0 spiro atoms. The Morgan fingerprint density at radius 1 is 1.22 bits per heavy atom. The van der Waals surface area contributed by atoms with Crippen molar-refractivity contribution >= 4 is 5.91 Å². The first-order chi connectivity index (χ1) is 11.3. The molecule has 1 N–H and O–H groups in total. The number of amides is 1. The van der Waals surface area contributed by atoms with E-state index in [0.29, 0.717) is 43.3 Å². The predicted molar refractivity (Wildman–Crippen MR) is 81.0 cm³/mol. The number of pyridine rings is 1. The zero-order valence-electron chi connectivity index (χ0n) is 12.4. The third kappa shape index (κ3) is 4.26. The van der Waals surface area contributed by atoms with Crippen molar-refractivity contribution in [1.82, 2.24) is 20.4 Å². The lowest BCUT2D eigenvalue weighted by atomic mass is 10.2. The van der Waals surface area contributed by atoms with Gasteiger partial charge < -0.3 is 14.3 Å². The molecule has 3 rings (SSSR count). The monoisotopic (exact) mass is 312 g/mol. The lowest BCUT2D eigenvalue weighted by Gasteiger charge is -2.03. The largest absolute Gasteiger partial charge is 0.461 e. The van der Waals surface area contributed by atoms with E-state index in [1.807, 2.05) is 18.2 Å². The van der Waals surface area contributed by atoms with Crippen LogP contribution < -0.4 is 5.32 Å². The summed E-state index contributed by atoms with van der Waals surface area (Å²) in [4.78, 5) is 20.2. The van der Waals surface area contributed by atoms with E-state index in [9.17, 15) is 4.79 Å². The quantitative estimate of drug-likeness (QED) is 0.719. The van der Waals surface area contributed by atoms with Gasteiger partial charge in [-0.05, 0) is 30.7 Å². The summed E-state index contributed by atoms with van der Waals surface area (Å²) in [6, 6.07) is 9.12. The Hall–Kier alpha value is -2.96. The molecule has 118 valence electrons. The van der Waals surface area contributed by atoms with Crippen LogP contribution in [0.2, 0.25) is 0 Å². The van der Waals surface area contributed by atoms with Crippen LogP contribution in [0.3, 0.4) is 0 Å². The number of nitrogens with zero attached hydrogens (tertiary/aromatic N) is 3. The van der Waals surface area contributed by atoms with Crippen molar-refractivity contribution in [3.8, 4) is 11.6 Å². The van der Waals surface area contributed by atoms with E-state index in [1.54, 1.807) is 24.6 Å². The molecule has 0 bridgehead atoms. The van der Waals surface area contributed by atoms with Gasteiger partial charge in [0.25, 0.3) is 0 Å². The molecular formula is C16H16N4O3. The predicted octanol–water partition coefficient (Wildman–Crippen LogP) is 2.36. The van der Waals surface area contributed by atoms with Gasteiger partial charge in [0.2, 0.25) is 17.6 Å². The van der Waals surface area contributed by atoms with Gasteiger partial charge >= 0.3 is 0 Å². The van der Waals surface area contributed by atoms with Crippen molar-refractivity contribution in [2.45, 2.75) is 25.8 Å². The van der Waals surface area contributed by atoms with E-state index < -0.39 is 0 Å². The maximum atomic E-state index is 11.8. The molecule has 0 saturated heterocycles. The zero-order valence-corrected chi connectivity index (χ0v) is 12.4. The Bertz CT molecular complexity index is 738. The average Bonchev–Trinajstić information content (AvgIpc) is 3.25. The van der Waals surface area contributed by atoms with Gasteiger partial charge in [0.1, 0.15) is 0 Å². The highest BCUT2D eigenvalue weighted by molar-refractivity contribution is 5.75. The summed E-state index contributed by atoms with van der Waals surface area (Å²) in [6.45, 7) is 0.433. The number of hydrogen-bond donors (Lipinski definition) is 1. The fourth-order valence-electron chi connectivity index (χ4n) is 2.04. The topological polar surface area (TPSA) is 94.0 Å². The number of furan rings is 1. The molecule has 0 saturated carbocycles. The average molecular weight is 312 g/mol. The number of carbonyl (C=O) groups excluding carboxylic acids is 1. The molecule has 1 amide bonds. The molecule has 7 nitrogen and oxygen atoms in total. The van der Waals surface area contributed by atoms with Gasteiger partial charge in [-0.25, -0.2) is 0 Å². The molecule has 3 heterocycles. The highest BCUT2D eigenvalue weighted by atomic mass is 16.5. The molecule has 23 heavy (non-hydrogen) atoms. The van der Waals surface area contributed by atoms with Gasteiger partial charge in [-0.2, -0.15) is 4.98 Å². The SMILES string of the molecule is O=C(CCCc1nc(-c2ccco2)no1)NCc1ccccn1. The number of aryl methyl sites for hydroxylation is 1. The van der Waals surface area contributed by atoms with Crippen molar-refractivity contribution in [3.05, 3.63) is 54.4 Å². The van der Waals surface area contributed by atoms with Gasteiger partial charge in [-0.3, -0.25) is 9.78 Å². The van der Waals surface area contributed by atoms with Gasteiger partial charge in [-0.15, -0.1) is 0 Å². The summed E-state index contributed by atoms with van der Waals surface area (Å²) in [5.74, 6) is 1.45. The second-order valence-corrected chi connectivity index (χ2v) is 4.94. The Kier molecular flexibility index (Phi) is 4.78. The molecule has 0 aliphatic heterocycles. The zero-order chi connectivity index (χ0) is 15.9. The van der Waals surface area contributed by atoms with Crippen LogP contribution in [0.5, 0.6) is 0 Å². The first-order valence-electron chi connectivity index (χ1n) is 7.34. The van der Waals surface area contributed by atoms with E-state index in [-0.39, 0.29) is 5.91 Å². The number of rotatable bonds is 7. The molecule has 0 fully saturated rings. The third-order valence-electron chi connectivity index (χ3n) is 3.20. The van der Waals surface area contributed by atoms with Crippen LogP contribution >= 0.6 is 0 Å². The fraction of sp³-hybridized carbons (Fsp3) is 0.250. The fourth-order valence-corrected chi connectivity index (χ4v) is 2.04. The second kappa shape index (κ2) is 7.35. The normalized spacial score (nSPS) is 10.6. The van der Waals surface area contributed by atoms with Crippen molar-refractivity contribution < 1.29 is 13.7 Å². The molecule has 3 aromatic rings. The Balaban J connectivity index is 1.40. The Morgan fingerprint density at radius 2 is 2.17 bits per heavy atom. The molecule has 0 aliphatic carbocycles. The minimum Gasteiger partial charge on any atom is -0.461 e. The van der Waals surface area contributed by atoms with Crippen LogP contribution in [0.4, 0.5) is 0 Å². The highest BCUT2D eigenvalue weighted by Gasteiger charge is 2.11. The van der Waals surface area contributed by atoms with Gasteiger partial charge in [0.15, 0.2) is 5.76 Å². The van der Waals surface area contributed by atoms with Gasteiger partial charge in [0.05, 0.1) is 18.5 Å². The van der Waals surface area contributed by atoms with Crippen LogP contribution in [0.1, 0.15) is 24.4 Å². The standard InChI is InChI=1S/C16H16N4O3/c21-14(18-11-12-5-1-2-9-17-12)7-3-8-15-19-16(20-23-15)13-6-4-10-22-13/h1-2,4-6,9-10H,3,7-8,11H2,(H,18,21). The number of aromatic nitrogens is 3. The molecule has 0 aromatic carbocycles. The van der Waals surface area contributed by atoms with E-state index >= 15 is 0 Å². The smallest absolute Gasteiger partial charge is 0.238 e. The highest BCUT2D eigenvalue weighted by Crippen LogP contribution is 2.16. The van der Waals surface area contributed by atoms with Gasteiger partial charge in [-0.1, -0.05) is 11.2 Å². The third-order valence-corrected chi connectivity index (χ3v) is 3.20. The first kappa shape index (κ1) is 15.0. The van der Waals surface area contributed by atoms with E-state index in [0.717, 1.165) is 5.69 Å². The summed E-state index contributed by atoms with van der Waals surface area (Å²) in [6.07, 6.45) is 4.83. The molecule has 7 heteroatoms. The number of hydrogen-bond acceptors (Lipinski definition) is 6. The summed E-state index contributed by atoms with van der Waals surface area (Å²) < 4.78 is 10.3. The first-order valence-corrected chi connectivity index (χ1v) is 7.34. The minimum atomic E-state index is -0.0265. The molecule has 0 radical (unpaired) electrons. The molecular weight excluding hydrogens is 296 g/mol. The Labute approximate surface area is 132 Å². The Morgan fingerprint density at radius 3 is 2.96 bits per heavy atom. The molecule has 0 unspecified atom stereocenters. The lowest BCUT2D eigenvalue weighted by molar-refractivity contribution is -0.121. The summed E-state index contributed by atoms with van der Waals surface area (Å²) in [5.41, 5.74) is 0.834. The number of nitrogens with one attached hydrogen (secondary N) is 1. The summed E-state index contributed by atoms with van der Waals surface area (Å²) >= 11 is 0. The summed E-state index contributed by atoms with van der Waals surface area (Å²) in [7, 11) is 0. The van der Waals surface area contributed by atoms with Crippen LogP contribution in [0.15, 0.2) is 51.7 Å². The number of carbonyl (C=O) groups is 1. The second-order valence-electron chi connectivity index (χ2n) is 4.94. The van der Waals surface area contributed by atoms with Crippen LogP contribution in [0.25, 0.3) is 11.6 Å². The molecule has 0 aliphatic rings.